The molecule has 6 nitrogen and oxygen atoms in total. The van der Waals surface area contributed by atoms with Crippen molar-refractivity contribution in [1.29, 1.82) is 0 Å². The molecule has 132 valence electrons. The number of aryl methyl sites for hydroxylation is 1. The minimum atomic E-state index is 0.676. The summed E-state index contributed by atoms with van der Waals surface area (Å²) in [4.78, 5) is 1.65. The summed E-state index contributed by atoms with van der Waals surface area (Å²) in [5.74, 6) is 0.676. The molecule has 3 heterocycles. The first-order valence-corrected chi connectivity index (χ1v) is 9.61. The number of aromatic nitrogens is 6. The van der Waals surface area contributed by atoms with Gasteiger partial charge in [-0.05, 0) is 36.8 Å². The number of pyridine rings is 1. The molecule has 0 bridgehead atoms. The van der Waals surface area contributed by atoms with E-state index in [-0.39, 0.29) is 0 Å². The second-order valence-electron chi connectivity index (χ2n) is 6.27. The topological polar surface area (TPSA) is 60.9 Å². The van der Waals surface area contributed by atoms with E-state index in [1.54, 1.807) is 22.8 Å². The smallest absolute Gasteiger partial charge is 0.196 e. The highest BCUT2D eigenvalue weighted by Gasteiger charge is 2.12. The van der Waals surface area contributed by atoms with E-state index in [4.69, 9.17) is 0 Å². The Morgan fingerprint density at radius 2 is 1.78 bits per heavy atom. The number of thioether (sulfide) groups is 1. The lowest BCUT2D eigenvalue weighted by Crippen LogP contribution is -1.98. The van der Waals surface area contributed by atoms with Crippen LogP contribution in [0.25, 0.3) is 22.2 Å². The molecule has 0 N–H and O–H groups in total. The van der Waals surface area contributed by atoms with Crippen LogP contribution in [0, 0.1) is 6.92 Å². The maximum atomic E-state index is 4.56. The summed E-state index contributed by atoms with van der Waals surface area (Å²) >= 11 is 1.61. The Morgan fingerprint density at radius 1 is 0.963 bits per heavy atom. The summed E-state index contributed by atoms with van der Waals surface area (Å²) in [5.41, 5.74) is 5.03. The molecule has 0 radical (unpaired) electrons. The highest BCUT2D eigenvalue weighted by atomic mass is 32.2. The Morgan fingerprint density at radius 3 is 2.67 bits per heavy atom. The fourth-order valence-electron chi connectivity index (χ4n) is 3.15. The number of hydrogen-bond acceptors (Lipinski definition) is 5. The van der Waals surface area contributed by atoms with Crippen LogP contribution in [0.4, 0.5) is 0 Å². The van der Waals surface area contributed by atoms with Gasteiger partial charge in [0.2, 0.25) is 0 Å². The lowest BCUT2D eigenvalue weighted by molar-refractivity contribution is 0.744. The number of fused-ring (bicyclic) bond motifs is 3. The van der Waals surface area contributed by atoms with Gasteiger partial charge >= 0.3 is 0 Å². The maximum absolute atomic E-state index is 4.56. The SMILES string of the molecule is Cc1cc2nnc(SCc3cnn(-c4ccccc4)n3)n2c2ccccc12. The molecule has 0 fully saturated rings. The molecule has 0 amide bonds. The summed E-state index contributed by atoms with van der Waals surface area (Å²) in [6, 6.07) is 20.3. The van der Waals surface area contributed by atoms with Crippen molar-refractivity contribution in [2.45, 2.75) is 17.8 Å². The van der Waals surface area contributed by atoms with E-state index in [0.29, 0.717) is 5.75 Å². The maximum Gasteiger partial charge on any atom is 0.196 e. The van der Waals surface area contributed by atoms with Crippen LogP contribution in [0.2, 0.25) is 0 Å². The zero-order valence-electron chi connectivity index (χ0n) is 14.6. The Kier molecular flexibility index (Phi) is 3.86. The zero-order chi connectivity index (χ0) is 18.2. The summed E-state index contributed by atoms with van der Waals surface area (Å²) in [5, 5.41) is 19.7. The van der Waals surface area contributed by atoms with Gasteiger partial charge in [-0.1, -0.05) is 48.2 Å². The van der Waals surface area contributed by atoms with E-state index in [1.807, 2.05) is 36.4 Å². The first kappa shape index (κ1) is 16.0. The number of rotatable bonds is 4. The highest BCUT2D eigenvalue weighted by molar-refractivity contribution is 7.98. The van der Waals surface area contributed by atoms with E-state index in [1.165, 1.54) is 10.9 Å². The average molecular weight is 372 g/mol. The van der Waals surface area contributed by atoms with E-state index in [0.717, 1.165) is 27.7 Å². The van der Waals surface area contributed by atoms with Crippen LogP contribution < -0.4 is 0 Å². The second-order valence-corrected chi connectivity index (χ2v) is 7.21. The van der Waals surface area contributed by atoms with Gasteiger partial charge in [0.15, 0.2) is 10.8 Å². The molecule has 3 aromatic heterocycles. The molecular weight excluding hydrogens is 356 g/mol. The minimum Gasteiger partial charge on any atom is -0.270 e. The molecule has 0 saturated heterocycles. The molecule has 0 spiro atoms. The van der Waals surface area contributed by atoms with Crippen LogP contribution in [0.3, 0.4) is 0 Å². The largest absolute Gasteiger partial charge is 0.270 e. The Bertz CT molecular complexity index is 1240. The van der Waals surface area contributed by atoms with Crippen molar-refractivity contribution in [3.63, 3.8) is 0 Å². The second kappa shape index (κ2) is 6.51. The van der Waals surface area contributed by atoms with E-state index in [2.05, 4.69) is 56.0 Å². The number of hydrogen-bond donors (Lipinski definition) is 0. The summed E-state index contributed by atoms with van der Waals surface area (Å²) in [6.45, 7) is 2.10. The van der Waals surface area contributed by atoms with E-state index < -0.39 is 0 Å². The lowest BCUT2D eigenvalue weighted by atomic mass is 10.1. The van der Waals surface area contributed by atoms with E-state index in [9.17, 15) is 0 Å². The van der Waals surface area contributed by atoms with Crippen molar-refractivity contribution in [3.05, 3.63) is 78.1 Å². The molecule has 0 aliphatic carbocycles. The van der Waals surface area contributed by atoms with Gasteiger partial charge in [0, 0.05) is 11.1 Å². The first-order chi connectivity index (χ1) is 13.3. The van der Waals surface area contributed by atoms with Crippen LogP contribution in [-0.2, 0) is 5.75 Å². The third-order valence-electron chi connectivity index (χ3n) is 4.45. The number of nitrogens with zero attached hydrogens (tertiary/aromatic N) is 6. The van der Waals surface area contributed by atoms with Gasteiger partial charge in [0.25, 0.3) is 0 Å². The third-order valence-corrected chi connectivity index (χ3v) is 5.41. The minimum absolute atomic E-state index is 0.676. The molecular formula is C20H16N6S. The van der Waals surface area contributed by atoms with Gasteiger partial charge in [-0.3, -0.25) is 4.40 Å². The average Bonchev–Trinajstić information content (AvgIpc) is 3.34. The number of benzene rings is 2. The van der Waals surface area contributed by atoms with Gasteiger partial charge in [-0.15, -0.1) is 10.2 Å². The summed E-state index contributed by atoms with van der Waals surface area (Å²) in [6.07, 6.45) is 1.80. The lowest BCUT2D eigenvalue weighted by Gasteiger charge is -2.06. The van der Waals surface area contributed by atoms with Crippen LogP contribution in [0.1, 0.15) is 11.3 Å². The molecule has 7 heteroatoms. The van der Waals surface area contributed by atoms with Crippen LogP contribution in [0.15, 0.2) is 72.0 Å². The Balaban J connectivity index is 1.46. The van der Waals surface area contributed by atoms with Crippen LogP contribution >= 0.6 is 11.8 Å². The molecule has 0 saturated carbocycles. The first-order valence-electron chi connectivity index (χ1n) is 8.62. The van der Waals surface area contributed by atoms with Gasteiger partial charge in [-0.25, -0.2) is 0 Å². The summed E-state index contributed by atoms with van der Waals surface area (Å²) in [7, 11) is 0. The van der Waals surface area contributed by atoms with Gasteiger partial charge in [0.1, 0.15) is 0 Å². The molecule has 0 atom stereocenters. The predicted molar refractivity (Wildman–Crippen MR) is 106 cm³/mol. The van der Waals surface area contributed by atoms with Gasteiger partial charge < -0.3 is 0 Å². The van der Waals surface area contributed by atoms with Crippen LogP contribution in [-0.4, -0.2) is 29.6 Å². The zero-order valence-corrected chi connectivity index (χ0v) is 15.5. The molecule has 2 aromatic carbocycles. The molecule has 5 rings (SSSR count). The fourth-order valence-corrected chi connectivity index (χ4v) is 3.98. The van der Waals surface area contributed by atoms with Gasteiger partial charge in [0.05, 0.1) is 23.1 Å². The van der Waals surface area contributed by atoms with Crippen molar-refractivity contribution in [3.8, 4) is 5.69 Å². The molecule has 0 aliphatic rings. The normalized spacial score (nSPS) is 11.4. The van der Waals surface area contributed by atoms with Crippen molar-refractivity contribution in [1.82, 2.24) is 29.6 Å². The molecule has 0 aliphatic heterocycles. The standard InChI is InChI=1S/C20H16N6S/c1-14-11-19-22-23-20(25(19)18-10-6-5-9-17(14)18)27-13-15-12-21-26(24-15)16-7-3-2-4-8-16/h2-12H,13H2,1H3. The van der Waals surface area contributed by atoms with Crippen LogP contribution in [0.5, 0.6) is 0 Å². The Labute approximate surface area is 159 Å². The molecule has 5 aromatic rings. The van der Waals surface area contributed by atoms with Crippen molar-refractivity contribution in [2.75, 3.05) is 0 Å². The molecule has 27 heavy (non-hydrogen) atoms. The van der Waals surface area contributed by atoms with Crippen molar-refractivity contribution >= 4 is 28.3 Å². The quantitative estimate of drug-likeness (QED) is 0.445. The van der Waals surface area contributed by atoms with Gasteiger partial charge in [-0.2, -0.15) is 15.0 Å². The third kappa shape index (κ3) is 2.86. The molecule has 0 unspecified atom stereocenters. The predicted octanol–water partition coefficient (Wildman–Crippen LogP) is 4.06. The van der Waals surface area contributed by atoms with E-state index >= 15 is 0 Å². The van der Waals surface area contributed by atoms with Crippen molar-refractivity contribution < 1.29 is 0 Å². The highest BCUT2D eigenvalue weighted by Crippen LogP contribution is 2.27. The number of para-hydroxylation sites is 2. The Hall–Kier alpha value is -3.19. The fraction of sp³-hybridized carbons (Fsp3) is 0.100. The summed E-state index contributed by atoms with van der Waals surface area (Å²) < 4.78 is 2.11. The van der Waals surface area contributed by atoms with Crippen molar-refractivity contribution in [2.24, 2.45) is 0 Å². The monoisotopic (exact) mass is 372 g/mol.